The summed E-state index contributed by atoms with van der Waals surface area (Å²) in [4.78, 5) is 10.3. The Morgan fingerprint density at radius 1 is 1.20 bits per heavy atom. The highest BCUT2D eigenvalue weighted by molar-refractivity contribution is 7.13. The fourth-order valence-corrected chi connectivity index (χ4v) is 3.31. The predicted molar refractivity (Wildman–Crippen MR) is 99.5 cm³/mol. The third-order valence-electron chi connectivity index (χ3n) is 3.92. The molecule has 0 saturated heterocycles. The zero-order chi connectivity index (χ0) is 17.2. The van der Waals surface area contributed by atoms with Gasteiger partial charge in [0.15, 0.2) is 5.82 Å². The molecular weight excluding hydrogens is 334 g/mol. The van der Waals surface area contributed by atoms with Crippen LogP contribution in [0, 0.1) is 0 Å². The molecule has 3 aromatic heterocycles. The summed E-state index contributed by atoms with van der Waals surface area (Å²) in [7, 11) is 1.83. The van der Waals surface area contributed by atoms with E-state index in [1.165, 1.54) is 0 Å². The van der Waals surface area contributed by atoms with Gasteiger partial charge >= 0.3 is 0 Å². The average Bonchev–Trinajstić information content (AvgIpc) is 3.31. The number of aromatic nitrogens is 4. The Labute approximate surface area is 148 Å². The standard InChI is InChI=1S/C18H17N5OS/c1-23-11-12(9-20-23)15(24)10-19-17-13-5-2-3-6-14(13)21-18(22-17)16-7-4-8-25-16/h2-9,11,15,24H,10H2,1H3,(H,19,21,22). The molecular formula is C18H17N5OS. The lowest BCUT2D eigenvalue weighted by molar-refractivity contribution is 0.191. The van der Waals surface area contributed by atoms with Crippen LogP contribution in [0.25, 0.3) is 21.6 Å². The number of hydrogen-bond acceptors (Lipinski definition) is 6. The molecule has 25 heavy (non-hydrogen) atoms. The van der Waals surface area contributed by atoms with Crippen LogP contribution >= 0.6 is 11.3 Å². The maximum absolute atomic E-state index is 10.4. The summed E-state index contributed by atoms with van der Waals surface area (Å²) in [6.45, 7) is 0.344. The highest BCUT2D eigenvalue weighted by Crippen LogP contribution is 2.27. The Balaban J connectivity index is 1.65. The number of para-hydroxylation sites is 1. The zero-order valence-corrected chi connectivity index (χ0v) is 14.4. The maximum atomic E-state index is 10.4. The largest absolute Gasteiger partial charge is 0.386 e. The van der Waals surface area contributed by atoms with Gasteiger partial charge in [-0.15, -0.1) is 11.3 Å². The van der Waals surface area contributed by atoms with Crippen LogP contribution in [0.4, 0.5) is 5.82 Å². The average molecular weight is 351 g/mol. The Hall–Kier alpha value is -2.77. The van der Waals surface area contributed by atoms with E-state index in [0.717, 1.165) is 27.2 Å². The topological polar surface area (TPSA) is 75.9 Å². The molecule has 4 aromatic rings. The van der Waals surface area contributed by atoms with Gasteiger partial charge in [-0.3, -0.25) is 4.68 Å². The van der Waals surface area contributed by atoms with Gasteiger partial charge in [-0.2, -0.15) is 5.10 Å². The fourth-order valence-electron chi connectivity index (χ4n) is 2.65. The first kappa shape index (κ1) is 15.7. The highest BCUT2D eigenvalue weighted by atomic mass is 32.1. The number of hydrogen-bond donors (Lipinski definition) is 2. The molecule has 4 rings (SSSR count). The first-order chi connectivity index (χ1) is 12.2. The molecule has 2 N–H and O–H groups in total. The normalized spacial score (nSPS) is 12.4. The second-order valence-electron chi connectivity index (χ2n) is 5.73. The van der Waals surface area contributed by atoms with E-state index in [1.807, 2.05) is 55.0 Å². The van der Waals surface area contributed by atoms with Crippen molar-refractivity contribution in [1.29, 1.82) is 0 Å². The van der Waals surface area contributed by atoms with Crippen molar-refractivity contribution in [2.75, 3.05) is 11.9 Å². The van der Waals surface area contributed by atoms with E-state index < -0.39 is 6.10 Å². The van der Waals surface area contributed by atoms with Crippen LogP contribution in [-0.2, 0) is 7.05 Å². The zero-order valence-electron chi connectivity index (χ0n) is 13.6. The predicted octanol–water partition coefficient (Wildman–Crippen LogP) is 3.24. The van der Waals surface area contributed by atoms with Crippen molar-refractivity contribution in [1.82, 2.24) is 19.7 Å². The lowest BCUT2D eigenvalue weighted by Gasteiger charge is -2.13. The number of nitrogens with zero attached hydrogens (tertiary/aromatic N) is 4. The van der Waals surface area contributed by atoms with E-state index in [1.54, 1.807) is 22.2 Å². The van der Waals surface area contributed by atoms with Gasteiger partial charge in [0.25, 0.3) is 0 Å². The molecule has 0 fully saturated rings. The van der Waals surface area contributed by atoms with Gasteiger partial charge in [0.1, 0.15) is 5.82 Å². The Kier molecular flexibility index (Phi) is 4.17. The van der Waals surface area contributed by atoms with Gasteiger partial charge in [0, 0.05) is 30.7 Å². The number of benzene rings is 1. The summed E-state index contributed by atoms with van der Waals surface area (Å²) in [6, 6.07) is 11.9. The summed E-state index contributed by atoms with van der Waals surface area (Å²) >= 11 is 1.60. The van der Waals surface area contributed by atoms with E-state index in [0.29, 0.717) is 12.4 Å². The van der Waals surface area contributed by atoms with Gasteiger partial charge < -0.3 is 10.4 Å². The molecule has 1 aromatic carbocycles. The Morgan fingerprint density at radius 3 is 2.84 bits per heavy atom. The van der Waals surface area contributed by atoms with Gasteiger partial charge in [-0.25, -0.2) is 9.97 Å². The molecule has 0 aliphatic carbocycles. The Bertz CT molecular complexity index is 996. The molecule has 0 radical (unpaired) electrons. The van der Waals surface area contributed by atoms with Crippen molar-refractivity contribution in [3.8, 4) is 10.7 Å². The van der Waals surface area contributed by atoms with Gasteiger partial charge in [0.2, 0.25) is 0 Å². The second-order valence-corrected chi connectivity index (χ2v) is 6.68. The van der Waals surface area contributed by atoms with Crippen LogP contribution in [0.3, 0.4) is 0 Å². The summed E-state index contributed by atoms with van der Waals surface area (Å²) in [5, 5.41) is 20.7. The molecule has 6 nitrogen and oxygen atoms in total. The van der Waals surface area contributed by atoms with Crippen LogP contribution in [-0.4, -0.2) is 31.4 Å². The van der Waals surface area contributed by atoms with Gasteiger partial charge in [-0.05, 0) is 23.6 Å². The number of aliphatic hydroxyl groups is 1. The molecule has 1 unspecified atom stereocenters. The lowest BCUT2D eigenvalue weighted by Crippen LogP contribution is -2.13. The van der Waals surface area contributed by atoms with Crippen molar-refractivity contribution < 1.29 is 5.11 Å². The molecule has 0 bridgehead atoms. The van der Waals surface area contributed by atoms with E-state index in [4.69, 9.17) is 0 Å². The molecule has 0 amide bonds. The number of rotatable bonds is 5. The third kappa shape index (κ3) is 3.24. The van der Waals surface area contributed by atoms with E-state index in [2.05, 4.69) is 20.4 Å². The molecule has 3 heterocycles. The van der Waals surface area contributed by atoms with E-state index in [-0.39, 0.29) is 0 Å². The first-order valence-corrected chi connectivity index (χ1v) is 8.80. The van der Waals surface area contributed by atoms with E-state index in [9.17, 15) is 5.11 Å². The van der Waals surface area contributed by atoms with Crippen molar-refractivity contribution in [2.45, 2.75) is 6.10 Å². The molecule has 0 aliphatic heterocycles. The van der Waals surface area contributed by atoms with Gasteiger partial charge in [-0.1, -0.05) is 18.2 Å². The van der Waals surface area contributed by atoms with Crippen molar-refractivity contribution in [3.63, 3.8) is 0 Å². The first-order valence-electron chi connectivity index (χ1n) is 7.92. The monoisotopic (exact) mass is 351 g/mol. The number of anilines is 1. The molecule has 0 spiro atoms. The lowest BCUT2D eigenvalue weighted by atomic mass is 10.2. The summed E-state index contributed by atoms with van der Waals surface area (Å²) in [5.74, 6) is 1.41. The second kappa shape index (κ2) is 6.62. The molecule has 0 aliphatic rings. The summed E-state index contributed by atoms with van der Waals surface area (Å²) in [5.41, 5.74) is 1.64. The fraction of sp³-hybridized carbons (Fsp3) is 0.167. The molecule has 126 valence electrons. The van der Waals surface area contributed by atoms with Crippen LogP contribution in [0.15, 0.2) is 54.2 Å². The highest BCUT2D eigenvalue weighted by Gasteiger charge is 2.13. The number of fused-ring (bicyclic) bond motifs is 1. The minimum absolute atomic E-state index is 0.344. The minimum Gasteiger partial charge on any atom is -0.386 e. The van der Waals surface area contributed by atoms with Gasteiger partial charge in [0.05, 0.1) is 22.7 Å². The third-order valence-corrected chi connectivity index (χ3v) is 4.78. The van der Waals surface area contributed by atoms with Crippen LogP contribution in [0.5, 0.6) is 0 Å². The van der Waals surface area contributed by atoms with Crippen LogP contribution < -0.4 is 5.32 Å². The molecule has 7 heteroatoms. The number of thiophene rings is 1. The summed E-state index contributed by atoms with van der Waals surface area (Å²) < 4.78 is 1.67. The number of aliphatic hydroxyl groups excluding tert-OH is 1. The molecule has 0 saturated carbocycles. The summed E-state index contributed by atoms with van der Waals surface area (Å²) in [6.07, 6.45) is 2.82. The smallest absolute Gasteiger partial charge is 0.172 e. The quantitative estimate of drug-likeness (QED) is 0.577. The van der Waals surface area contributed by atoms with E-state index >= 15 is 0 Å². The number of aryl methyl sites for hydroxylation is 1. The van der Waals surface area contributed by atoms with Crippen molar-refractivity contribution in [3.05, 3.63) is 59.7 Å². The SMILES string of the molecule is Cn1cc(C(O)CNc2nc(-c3cccs3)nc3ccccc23)cn1. The van der Waals surface area contributed by atoms with Crippen LogP contribution in [0.1, 0.15) is 11.7 Å². The van der Waals surface area contributed by atoms with Crippen molar-refractivity contribution in [2.24, 2.45) is 7.05 Å². The number of nitrogens with one attached hydrogen (secondary N) is 1. The van der Waals surface area contributed by atoms with Crippen molar-refractivity contribution >= 4 is 28.1 Å². The maximum Gasteiger partial charge on any atom is 0.172 e. The minimum atomic E-state index is -0.660. The molecule has 1 atom stereocenters. The van der Waals surface area contributed by atoms with Crippen LogP contribution in [0.2, 0.25) is 0 Å². The Morgan fingerprint density at radius 2 is 2.08 bits per heavy atom.